The van der Waals surface area contributed by atoms with Gasteiger partial charge < -0.3 is 20.3 Å². The van der Waals surface area contributed by atoms with Crippen molar-refractivity contribution in [2.45, 2.75) is 25.9 Å². The van der Waals surface area contributed by atoms with Crippen LogP contribution in [0.15, 0.2) is 48.7 Å². The molecule has 0 unspecified atom stereocenters. The molecular weight excluding hydrogens is 410 g/mol. The van der Waals surface area contributed by atoms with Crippen molar-refractivity contribution in [3.8, 4) is 0 Å². The Bertz CT molecular complexity index is 1210. The fourth-order valence-electron chi connectivity index (χ4n) is 3.60. The zero-order valence-corrected chi connectivity index (χ0v) is 17.7. The molecule has 0 radical (unpaired) electrons. The maximum Gasteiger partial charge on any atom is 0.323 e. The van der Waals surface area contributed by atoms with Crippen LogP contribution in [-0.4, -0.2) is 44.4 Å². The molecule has 1 aliphatic heterocycles. The molecule has 0 bridgehead atoms. The second-order valence-corrected chi connectivity index (χ2v) is 8.17. The number of aromatic amines is 1. The number of pyridine rings is 1. The number of fused-ring (bicyclic) bond motifs is 2. The van der Waals surface area contributed by atoms with E-state index in [0.29, 0.717) is 16.9 Å². The Morgan fingerprint density at radius 1 is 1.28 bits per heavy atom. The van der Waals surface area contributed by atoms with Gasteiger partial charge in [0.1, 0.15) is 12.4 Å². The van der Waals surface area contributed by atoms with Gasteiger partial charge in [-0.3, -0.25) is 14.9 Å². The number of rotatable bonds is 6. The number of para-hydroxylation sites is 1. The molecule has 1 aromatic carbocycles. The summed E-state index contributed by atoms with van der Waals surface area (Å²) in [5, 5.41) is 15.6. The fraction of sp³-hybridized carbons (Fsp3) is 0.217. The number of hydrogen-bond donors (Lipinski definition) is 4. The SMILES string of the molecule is CC(C)(NC(=O)C=Cc1cnc2c(c1)CN(CC(=O)O)C(=O)N2)c1cc2ccccc2[nH]1. The largest absolute Gasteiger partial charge is 0.480 e. The van der Waals surface area contributed by atoms with Gasteiger partial charge in [-0.15, -0.1) is 0 Å². The molecule has 0 saturated heterocycles. The van der Waals surface area contributed by atoms with Gasteiger partial charge in [0.2, 0.25) is 5.91 Å². The highest BCUT2D eigenvalue weighted by atomic mass is 16.4. The number of carbonyl (C=O) groups excluding carboxylic acids is 2. The Morgan fingerprint density at radius 2 is 2.06 bits per heavy atom. The van der Waals surface area contributed by atoms with Crippen molar-refractivity contribution in [1.29, 1.82) is 0 Å². The van der Waals surface area contributed by atoms with Gasteiger partial charge in [-0.05, 0) is 49.1 Å². The van der Waals surface area contributed by atoms with Gasteiger partial charge in [0.15, 0.2) is 0 Å². The number of nitrogens with one attached hydrogen (secondary N) is 3. The van der Waals surface area contributed by atoms with Crippen LogP contribution in [0.25, 0.3) is 17.0 Å². The molecule has 0 aliphatic carbocycles. The summed E-state index contributed by atoms with van der Waals surface area (Å²) in [7, 11) is 0. The monoisotopic (exact) mass is 433 g/mol. The minimum atomic E-state index is -1.10. The van der Waals surface area contributed by atoms with Gasteiger partial charge in [-0.1, -0.05) is 18.2 Å². The third-order valence-electron chi connectivity index (χ3n) is 5.25. The van der Waals surface area contributed by atoms with E-state index in [-0.39, 0.29) is 12.5 Å². The molecule has 0 saturated carbocycles. The van der Waals surface area contributed by atoms with Gasteiger partial charge in [-0.2, -0.15) is 0 Å². The standard InChI is InChI=1S/C23H23N5O4/c1-23(2,18-10-15-5-3-4-6-17(15)25-18)27-19(29)8-7-14-9-16-12-28(13-20(30)31)22(32)26-21(16)24-11-14/h3-11,25H,12-13H2,1-2H3,(H,27,29)(H,30,31)(H,24,26,32). The average molecular weight is 433 g/mol. The van der Waals surface area contributed by atoms with Gasteiger partial charge in [0.25, 0.3) is 0 Å². The first-order valence-electron chi connectivity index (χ1n) is 10.1. The lowest BCUT2D eigenvalue weighted by molar-refractivity contribution is -0.137. The lowest BCUT2D eigenvalue weighted by Gasteiger charge is -2.27. The number of carboxylic acid groups (broad SMARTS) is 1. The van der Waals surface area contributed by atoms with Crippen molar-refractivity contribution in [2.24, 2.45) is 0 Å². The van der Waals surface area contributed by atoms with E-state index in [0.717, 1.165) is 16.6 Å². The lowest BCUT2D eigenvalue weighted by atomic mass is 10.0. The Hall–Kier alpha value is -4.14. The molecule has 0 fully saturated rings. The number of aliphatic carboxylic acids is 1. The van der Waals surface area contributed by atoms with E-state index in [4.69, 9.17) is 5.11 Å². The summed E-state index contributed by atoms with van der Waals surface area (Å²) in [5.41, 5.74) is 2.62. The third kappa shape index (κ3) is 4.46. The zero-order chi connectivity index (χ0) is 22.9. The normalized spacial score (nSPS) is 13.8. The quantitative estimate of drug-likeness (QED) is 0.444. The predicted molar refractivity (Wildman–Crippen MR) is 120 cm³/mol. The zero-order valence-electron chi connectivity index (χ0n) is 17.7. The Balaban J connectivity index is 1.45. The first-order valence-corrected chi connectivity index (χ1v) is 10.1. The smallest absolute Gasteiger partial charge is 0.323 e. The Morgan fingerprint density at radius 3 is 2.81 bits per heavy atom. The van der Waals surface area contributed by atoms with E-state index in [2.05, 4.69) is 20.6 Å². The topological polar surface area (TPSA) is 127 Å². The number of H-pyrrole nitrogens is 1. The number of carboxylic acids is 1. The number of anilines is 1. The molecule has 2 aromatic heterocycles. The van der Waals surface area contributed by atoms with Crippen LogP contribution in [0.4, 0.5) is 10.6 Å². The van der Waals surface area contributed by atoms with Crippen LogP contribution in [-0.2, 0) is 21.7 Å². The van der Waals surface area contributed by atoms with Crippen LogP contribution in [0.1, 0.15) is 30.7 Å². The Kier molecular flexibility index (Phi) is 5.40. The van der Waals surface area contributed by atoms with Crippen LogP contribution in [0.3, 0.4) is 0 Å². The average Bonchev–Trinajstić information content (AvgIpc) is 3.18. The summed E-state index contributed by atoms with van der Waals surface area (Å²) < 4.78 is 0. The van der Waals surface area contributed by atoms with E-state index < -0.39 is 24.1 Å². The molecule has 9 heteroatoms. The first kappa shape index (κ1) is 21.1. The van der Waals surface area contributed by atoms with Crippen molar-refractivity contribution < 1.29 is 19.5 Å². The molecule has 0 atom stereocenters. The molecule has 4 N–H and O–H groups in total. The number of aromatic nitrogens is 2. The number of urea groups is 1. The number of amides is 3. The van der Waals surface area contributed by atoms with E-state index in [1.807, 2.05) is 44.2 Å². The van der Waals surface area contributed by atoms with Gasteiger partial charge in [0.05, 0.1) is 12.1 Å². The van der Waals surface area contributed by atoms with Crippen molar-refractivity contribution >= 4 is 40.7 Å². The van der Waals surface area contributed by atoms with E-state index in [1.54, 1.807) is 18.3 Å². The highest BCUT2D eigenvalue weighted by Crippen LogP contribution is 2.25. The lowest BCUT2D eigenvalue weighted by Crippen LogP contribution is -2.41. The molecule has 1 aliphatic rings. The van der Waals surface area contributed by atoms with Crippen LogP contribution in [0, 0.1) is 0 Å². The molecule has 164 valence electrons. The maximum atomic E-state index is 12.6. The molecule has 3 heterocycles. The molecule has 4 rings (SSSR count). The second kappa shape index (κ2) is 8.18. The van der Waals surface area contributed by atoms with Gasteiger partial charge in [-0.25, -0.2) is 9.78 Å². The molecular formula is C23H23N5O4. The summed E-state index contributed by atoms with van der Waals surface area (Å²) in [4.78, 5) is 44.2. The van der Waals surface area contributed by atoms with E-state index in [1.165, 1.54) is 11.0 Å². The molecule has 3 amide bonds. The molecule has 3 aromatic rings. The summed E-state index contributed by atoms with van der Waals surface area (Å²) in [6.45, 7) is 3.56. The highest BCUT2D eigenvalue weighted by Gasteiger charge is 2.26. The first-order chi connectivity index (χ1) is 15.2. The molecule has 32 heavy (non-hydrogen) atoms. The number of hydrogen-bond acceptors (Lipinski definition) is 4. The minimum Gasteiger partial charge on any atom is -0.480 e. The summed E-state index contributed by atoms with van der Waals surface area (Å²) in [5.74, 6) is -0.979. The van der Waals surface area contributed by atoms with Crippen LogP contribution in [0.5, 0.6) is 0 Å². The second-order valence-electron chi connectivity index (χ2n) is 8.17. The third-order valence-corrected chi connectivity index (χ3v) is 5.25. The number of nitrogens with zero attached hydrogens (tertiary/aromatic N) is 2. The van der Waals surface area contributed by atoms with E-state index in [9.17, 15) is 14.4 Å². The van der Waals surface area contributed by atoms with Crippen LogP contribution in [0.2, 0.25) is 0 Å². The van der Waals surface area contributed by atoms with Gasteiger partial charge >= 0.3 is 12.0 Å². The summed E-state index contributed by atoms with van der Waals surface area (Å²) in [6.07, 6.45) is 4.59. The highest BCUT2D eigenvalue weighted by molar-refractivity contribution is 5.94. The van der Waals surface area contributed by atoms with Crippen molar-refractivity contribution in [3.05, 3.63) is 65.5 Å². The maximum absolute atomic E-state index is 12.6. The van der Waals surface area contributed by atoms with Crippen LogP contribution < -0.4 is 10.6 Å². The van der Waals surface area contributed by atoms with E-state index >= 15 is 0 Å². The number of carbonyl (C=O) groups is 3. The molecule has 9 nitrogen and oxygen atoms in total. The van der Waals surface area contributed by atoms with Crippen LogP contribution >= 0.6 is 0 Å². The molecule has 0 spiro atoms. The van der Waals surface area contributed by atoms with Crippen molar-refractivity contribution in [3.63, 3.8) is 0 Å². The minimum absolute atomic E-state index is 0.127. The van der Waals surface area contributed by atoms with Crippen molar-refractivity contribution in [2.75, 3.05) is 11.9 Å². The number of benzene rings is 1. The fourth-order valence-corrected chi connectivity index (χ4v) is 3.60. The van der Waals surface area contributed by atoms with Gasteiger partial charge in [0, 0.05) is 29.0 Å². The van der Waals surface area contributed by atoms with Crippen molar-refractivity contribution in [1.82, 2.24) is 20.2 Å². The summed E-state index contributed by atoms with van der Waals surface area (Å²) >= 11 is 0. The Labute approximate surface area is 184 Å². The predicted octanol–water partition coefficient (Wildman–Crippen LogP) is 3.06. The summed E-state index contributed by atoms with van der Waals surface area (Å²) in [6, 6.07) is 11.2.